The SMILES string of the molecule is CNC(=O)[C@@H](O)CO. The van der Waals surface area contributed by atoms with E-state index in [4.69, 9.17) is 10.2 Å². The quantitative estimate of drug-likeness (QED) is 0.397. The van der Waals surface area contributed by atoms with Crippen LogP contribution in [0.2, 0.25) is 0 Å². The van der Waals surface area contributed by atoms with E-state index in [0.717, 1.165) is 0 Å². The molecular formula is C4H9NO3. The van der Waals surface area contributed by atoms with Crippen LogP contribution in [0, 0.1) is 0 Å². The Morgan fingerprint density at radius 1 is 1.88 bits per heavy atom. The number of amides is 1. The van der Waals surface area contributed by atoms with Gasteiger partial charge in [0, 0.05) is 7.05 Å². The summed E-state index contributed by atoms with van der Waals surface area (Å²) in [5.74, 6) is -0.562. The predicted octanol–water partition coefficient (Wildman–Crippen LogP) is -1.91. The van der Waals surface area contributed by atoms with Gasteiger partial charge in [-0.15, -0.1) is 0 Å². The standard InChI is InChI=1S/C4H9NO3/c1-5-4(8)3(7)2-6/h3,6-7H,2H2,1H3,(H,5,8)/t3-/m0/s1. The Labute approximate surface area is 47.1 Å². The third kappa shape index (κ3) is 1.90. The van der Waals surface area contributed by atoms with Crippen molar-refractivity contribution in [2.75, 3.05) is 13.7 Å². The highest BCUT2D eigenvalue weighted by Gasteiger charge is 2.09. The summed E-state index contributed by atoms with van der Waals surface area (Å²) < 4.78 is 0. The molecule has 0 aromatic heterocycles. The summed E-state index contributed by atoms with van der Waals surface area (Å²) in [4.78, 5) is 10.2. The summed E-state index contributed by atoms with van der Waals surface area (Å²) in [5, 5.41) is 18.8. The molecule has 3 N–H and O–H groups in total. The lowest BCUT2D eigenvalue weighted by atomic mass is 10.4. The average Bonchev–Trinajstić information content (AvgIpc) is 1.84. The van der Waals surface area contributed by atoms with Crippen LogP contribution in [0.15, 0.2) is 0 Å². The van der Waals surface area contributed by atoms with Crippen LogP contribution < -0.4 is 5.32 Å². The molecule has 1 atom stereocenters. The Bertz CT molecular complexity index is 83.4. The second kappa shape index (κ2) is 3.40. The minimum atomic E-state index is -1.28. The Kier molecular flexibility index (Phi) is 3.14. The number of hydrogen-bond donors (Lipinski definition) is 3. The zero-order valence-corrected chi connectivity index (χ0v) is 4.59. The van der Waals surface area contributed by atoms with E-state index >= 15 is 0 Å². The number of hydrogen-bond acceptors (Lipinski definition) is 3. The number of rotatable bonds is 2. The van der Waals surface area contributed by atoms with Gasteiger partial charge in [-0.2, -0.15) is 0 Å². The third-order valence-corrected chi connectivity index (χ3v) is 0.722. The first-order chi connectivity index (χ1) is 3.72. The number of aliphatic hydroxyl groups excluding tert-OH is 2. The van der Waals surface area contributed by atoms with Crippen LogP contribution in [0.5, 0.6) is 0 Å². The minimum Gasteiger partial charge on any atom is -0.393 e. The molecule has 48 valence electrons. The molecule has 4 heteroatoms. The summed E-state index contributed by atoms with van der Waals surface area (Å²) >= 11 is 0. The van der Waals surface area contributed by atoms with Gasteiger partial charge >= 0.3 is 0 Å². The molecule has 0 unspecified atom stereocenters. The number of likely N-dealkylation sites (N-methyl/N-ethyl adjacent to an activating group) is 1. The van der Waals surface area contributed by atoms with Crippen molar-refractivity contribution < 1.29 is 15.0 Å². The summed E-state index contributed by atoms with van der Waals surface area (Å²) in [7, 11) is 1.39. The molecule has 0 aromatic rings. The molecule has 0 radical (unpaired) electrons. The van der Waals surface area contributed by atoms with Crippen molar-refractivity contribution in [3.05, 3.63) is 0 Å². The van der Waals surface area contributed by atoms with Crippen LogP contribution in [0.1, 0.15) is 0 Å². The van der Waals surface area contributed by atoms with Crippen LogP contribution in [0.3, 0.4) is 0 Å². The molecule has 0 aromatic carbocycles. The molecule has 0 fully saturated rings. The van der Waals surface area contributed by atoms with Gasteiger partial charge in [-0.3, -0.25) is 4.79 Å². The number of carbonyl (C=O) groups is 1. The summed E-state index contributed by atoms with van der Waals surface area (Å²) in [5.41, 5.74) is 0. The van der Waals surface area contributed by atoms with E-state index < -0.39 is 18.6 Å². The van der Waals surface area contributed by atoms with Crippen molar-refractivity contribution in [3.8, 4) is 0 Å². The summed E-state index contributed by atoms with van der Waals surface area (Å²) in [6.45, 7) is -0.528. The minimum absolute atomic E-state index is 0.528. The topological polar surface area (TPSA) is 69.6 Å². The van der Waals surface area contributed by atoms with E-state index in [1.165, 1.54) is 7.05 Å². The lowest BCUT2D eigenvalue weighted by molar-refractivity contribution is -0.130. The van der Waals surface area contributed by atoms with Gasteiger partial charge < -0.3 is 15.5 Å². The molecule has 0 saturated carbocycles. The molecule has 0 rings (SSSR count). The van der Waals surface area contributed by atoms with E-state index in [0.29, 0.717) is 0 Å². The van der Waals surface area contributed by atoms with E-state index in [1.54, 1.807) is 0 Å². The number of aliphatic hydroxyl groups is 2. The van der Waals surface area contributed by atoms with Crippen molar-refractivity contribution in [1.82, 2.24) is 5.32 Å². The van der Waals surface area contributed by atoms with E-state index in [-0.39, 0.29) is 0 Å². The molecule has 0 heterocycles. The van der Waals surface area contributed by atoms with Crippen LogP contribution in [0.4, 0.5) is 0 Å². The average molecular weight is 119 g/mol. The molecule has 4 nitrogen and oxygen atoms in total. The molecule has 0 aliphatic rings. The molecule has 0 aliphatic heterocycles. The fourth-order valence-corrected chi connectivity index (χ4v) is 0.250. The second-order valence-electron chi connectivity index (χ2n) is 1.31. The summed E-state index contributed by atoms with van der Waals surface area (Å²) in [6.07, 6.45) is -1.28. The van der Waals surface area contributed by atoms with Gasteiger partial charge in [0.15, 0.2) is 6.10 Å². The fraction of sp³-hybridized carbons (Fsp3) is 0.750. The predicted molar refractivity (Wildman–Crippen MR) is 27.2 cm³/mol. The molecule has 0 saturated heterocycles. The largest absolute Gasteiger partial charge is 0.393 e. The van der Waals surface area contributed by atoms with Crippen molar-refractivity contribution in [3.63, 3.8) is 0 Å². The summed E-state index contributed by atoms with van der Waals surface area (Å²) in [6, 6.07) is 0. The van der Waals surface area contributed by atoms with E-state index in [2.05, 4.69) is 5.32 Å². The zero-order chi connectivity index (χ0) is 6.57. The lowest BCUT2D eigenvalue weighted by Crippen LogP contribution is -2.34. The van der Waals surface area contributed by atoms with Gasteiger partial charge in [0.05, 0.1) is 6.61 Å². The van der Waals surface area contributed by atoms with Gasteiger partial charge in [-0.1, -0.05) is 0 Å². The fourth-order valence-electron chi connectivity index (χ4n) is 0.250. The van der Waals surface area contributed by atoms with Crippen molar-refractivity contribution >= 4 is 5.91 Å². The van der Waals surface area contributed by atoms with Crippen LogP contribution in [-0.4, -0.2) is 35.9 Å². The molecule has 8 heavy (non-hydrogen) atoms. The number of nitrogens with one attached hydrogen (secondary N) is 1. The molecule has 0 spiro atoms. The maximum atomic E-state index is 10.2. The van der Waals surface area contributed by atoms with Gasteiger partial charge in [-0.05, 0) is 0 Å². The maximum Gasteiger partial charge on any atom is 0.250 e. The zero-order valence-electron chi connectivity index (χ0n) is 4.59. The highest BCUT2D eigenvalue weighted by atomic mass is 16.3. The van der Waals surface area contributed by atoms with Crippen molar-refractivity contribution in [2.24, 2.45) is 0 Å². The van der Waals surface area contributed by atoms with Gasteiger partial charge in [0.25, 0.3) is 5.91 Å². The van der Waals surface area contributed by atoms with Crippen molar-refractivity contribution in [2.45, 2.75) is 6.10 Å². The van der Waals surface area contributed by atoms with Gasteiger partial charge in [-0.25, -0.2) is 0 Å². The highest BCUT2D eigenvalue weighted by molar-refractivity contribution is 5.80. The monoisotopic (exact) mass is 119 g/mol. The Hall–Kier alpha value is -0.610. The second-order valence-corrected chi connectivity index (χ2v) is 1.31. The Balaban J connectivity index is 3.46. The lowest BCUT2D eigenvalue weighted by Gasteiger charge is -2.02. The Morgan fingerprint density at radius 2 is 2.38 bits per heavy atom. The van der Waals surface area contributed by atoms with E-state index in [9.17, 15) is 4.79 Å². The highest BCUT2D eigenvalue weighted by Crippen LogP contribution is 1.76. The maximum absolute atomic E-state index is 10.2. The first-order valence-corrected chi connectivity index (χ1v) is 2.23. The van der Waals surface area contributed by atoms with Crippen LogP contribution >= 0.6 is 0 Å². The third-order valence-electron chi connectivity index (χ3n) is 0.722. The molecule has 0 aliphatic carbocycles. The molecular weight excluding hydrogens is 110 g/mol. The van der Waals surface area contributed by atoms with Crippen LogP contribution in [-0.2, 0) is 4.79 Å². The van der Waals surface area contributed by atoms with Gasteiger partial charge in [0.1, 0.15) is 0 Å². The molecule has 0 bridgehead atoms. The van der Waals surface area contributed by atoms with E-state index in [1.807, 2.05) is 0 Å². The first-order valence-electron chi connectivity index (χ1n) is 2.23. The smallest absolute Gasteiger partial charge is 0.250 e. The first kappa shape index (κ1) is 7.39. The Morgan fingerprint density at radius 3 is 2.50 bits per heavy atom. The van der Waals surface area contributed by atoms with Crippen LogP contribution in [0.25, 0.3) is 0 Å². The molecule has 1 amide bonds. The van der Waals surface area contributed by atoms with Gasteiger partial charge in [0.2, 0.25) is 0 Å². The van der Waals surface area contributed by atoms with Crippen molar-refractivity contribution in [1.29, 1.82) is 0 Å². The normalized spacial score (nSPS) is 12.9. The number of carbonyl (C=O) groups excluding carboxylic acids is 1.